The standard InChI is InChI=1S/C21H40S/c1-18(2)14-10-7-8-12-16-21(6)22-17-13-9-11-15-20(5)19(3)4/h18-19H,5-17H2,1-4H3. The number of hydrogen-bond acceptors (Lipinski definition) is 1. The van der Waals surface area contributed by atoms with Gasteiger partial charge < -0.3 is 0 Å². The van der Waals surface area contributed by atoms with Crippen LogP contribution in [0.3, 0.4) is 0 Å². The molecule has 0 fully saturated rings. The Bertz CT molecular complexity index is 288. The van der Waals surface area contributed by atoms with E-state index in [1.807, 2.05) is 11.8 Å². The van der Waals surface area contributed by atoms with Crippen LogP contribution in [0.15, 0.2) is 23.6 Å². The van der Waals surface area contributed by atoms with Gasteiger partial charge in [0.15, 0.2) is 0 Å². The van der Waals surface area contributed by atoms with Crippen molar-refractivity contribution in [1.29, 1.82) is 0 Å². The second-order valence-electron chi connectivity index (χ2n) is 7.36. The monoisotopic (exact) mass is 324 g/mol. The summed E-state index contributed by atoms with van der Waals surface area (Å²) >= 11 is 1.99. The van der Waals surface area contributed by atoms with Gasteiger partial charge in [-0.1, -0.05) is 78.5 Å². The van der Waals surface area contributed by atoms with Gasteiger partial charge in [-0.05, 0) is 54.6 Å². The minimum Gasteiger partial charge on any atom is -0.131 e. The minimum absolute atomic E-state index is 0.648. The highest BCUT2D eigenvalue weighted by Gasteiger charge is 2.01. The Balaban J connectivity index is 3.31. The zero-order valence-electron chi connectivity index (χ0n) is 15.8. The van der Waals surface area contributed by atoms with Crippen LogP contribution in [0.2, 0.25) is 0 Å². The maximum atomic E-state index is 4.22. The zero-order valence-corrected chi connectivity index (χ0v) is 16.6. The van der Waals surface area contributed by atoms with E-state index < -0.39 is 0 Å². The highest BCUT2D eigenvalue weighted by atomic mass is 32.2. The Morgan fingerprint density at radius 1 is 0.773 bits per heavy atom. The third-order valence-electron chi connectivity index (χ3n) is 4.25. The molecule has 0 aromatic rings. The van der Waals surface area contributed by atoms with Crippen LogP contribution < -0.4 is 0 Å². The van der Waals surface area contributed by atoms with Crippen molar-refractivity contribution in [2.24, 2.45) is 11.8 Å². The summed E-state index contributed by atoms with van der Waals surface area (Å²) in [7, 11) is 0. The average Bonchev–Trinajstić information content (AvgIpc) is 2.45. The van der Waals surface area contributed by atoms with Gasteiger partial charge in [0.2, 0.25) is 0 Å². The van der Waals surface area contributed by atoms with Crippen LogP contribution >= 0.6 is 11.8 Å². The van der Waals surface area contributed by atoms with Crippen LogP contribution in [0, 0.1) is 11.8 Å². The van der Waals surface area contributed by atoms with E-state index in [0.29, 0.717) is 5.92 Å². The molecular weight excluding hydrogens is 284 g/mol. The van der Waals surface area contributed by atoms with Crippen molar-refractivity contribution in [3.8, 4) is 0 Å². The van der Waals surface area contributed by atoms with Crippen molar-refractivity contribution in [2.45, 2.75) is 91.9 Å². The lowest BCUT2D eigenvalue weighted by Gasteiger charge is -2.09. The Hall–Kier alpha value is -0.170. The van der Waals surface area contributed by atoms with Crippen LogP contribution in [0.5, 0.6) is 0 Å². The molecule has 0 saturated carbocycles. The molecule has 0 aromatic heterocycles. The molecular formula is C21H40S. The summed E-state index contributed by atoms with van der Waals surface area (Å²) in [6, 6.07) is 0. The van der Waals surface area contributed by atoms with Gasteiger partial charge in [0, 0.05) is 0 Å². The molecule has 0 aliphatic carbocycles. The molecule has 22 heavy (non-hydrogen) atoms. The van der Waals surface area contributed by atoms with E-state index in [1.54, 1.807) is 0 Å². The molecule has 0 saturated heterocycles. The highest BCUT2D eigenvalue weighted by molar-refractivity contribution is 8.03. The number of allylic oxidation sites excluding steroid dienone is 2. The lowest BCUT2D eigenvalue weighted by molar-refractivity contribution is 0.521. The molecule has 0 amide bonds. The van der Waals surface area contributed by atoms with Crippen LogP contribution in [-0.4, -0.2) is 5.75 Å². The smallest absolute Gasteiger partial charge is 0.00234 e. The number of unbranched alkanes of at least 4 members (excludes halogenated alkanes) is 5. The van der Waals surface area contributed by atoms with E-state index >= 15 is 0 Å². The van der Waals surface area contributed by atoms with Crippen LogP contribution in [-0.2, 0) is 0 Å². The van der Waals surface area contributed by atoms with E-state index in [9.17, 15) is 0 Å². The molecule has 0 radical (unpaired) electrons. The predicted octanol–water partition coefficient (Wildman–Crippen LogP) is 8.00. The van der Waals surface area contributed by atoms with Gasteiger partial charge in [-0.3, -0.25) is 0 Å². The minimum atomic E-state index is 0.648. The van der Waals surface area contributed by atoms with Crippen LogP contribution in [0.4, 0.5) is 0 Å². The maximum Gasteiger partial charge on any atom is -0.00234 e. The normalized spacial score (nSPS) is 11.4. The lowest BCUT2D eigenvalue weighted by Crippen LogP contribution is -1.92. The van der Waals surface area contributed by atoms with Crippen molar-refractivity contribution >= 4 is 11.8 Å². The number of thioether (sulfide) groups is 1. The molecule has 130 valence electrons. The highest BCUT2D eigenvalue weighted by Crippen LogP contribution is 2.23. The van der Waals surface area contributed by atoms with E-state index in [2.05, 4.69) is 40.9 Å². The fraction of sp³-hybridized carbons (Fsp3) is 0.810. The van der Waals surface area contributed by atoms with E-state index in [0.717, 1.165) is 5.92 Å². The summed E-state index contributed by atoms with van der Waals surface area (Å²) in [5, 5.41) is 0. The van der Waals surface area contributed by atoms with Gasteiger partial charge in [-0.25, -0.2) is 0 Å². The second-order valence-corrected chi connectivity index (χ2v) is 8.63. The summed E-state index contributed by atoms with van der Waals surface area (Å²) in [5.74, 6) is 2.76. The Morgan fingerprint density at radius 3 is 2.00 bits per heavy atom. The van der Waals surface area contributed by atoms with E-state index in [4.69, 9.17) is 0 Å². The first-order valence-electron chi connectivity index (χ1n) is 9.41. The number of rotatable bonds is 15. The first-order valence-corrected chi connectivity index (χ1v) is 10.4. The molecule has 0 unspecified atom stereocenters. The van der Waals surface area contributed by atoms with Crippen molar-refractivity contribution in [3.63, 3.8) is 0 Å². The van der Waals surface area contributed by atoms with Crippen molar-refractivity contribution in [2.75, 3.05) is 5.75 Å². The van der Waals surface area contributed by atoms with Gasteiger partial charge in [0.25, 0.3) is 0 Å². The molecule has 0 heterocycles. The first-order chi connectivity index (χ1) is 10.4. The Kier molecular flexibility index (Phi) is 14.3. The summed E-state index contributed by atoms with van der Waals surface area (Å²) in [4.78, 5) is 1.40. The van der Waals surface area contributed by atoms with Gasteiger partial charge >= 0.3 is 0 Å². The summed E-state index contributed by atoms with van der Waals surface area (Å²) in [6.45, 7) is 17.5. The first kappa shape index (κ1) is 21.8. The molecule has 0 nitrogen and oxygen atoms in total. The predicted molar refractivity (Wildman–Crippen MR) is 107 cm³/mol. The Morgan fingerprint density at radius 2 is 1.36 bits per heavy atom. The molecule has 0 rings (SSSR count). The molecule has 0 bridgehead atoms. The van der Waals surface area contributed by atoms with Crippen LogP contribution in [0.25, 0.3) is 0 Å². The van der Waals surface area contributed by atoms with Gasteiger partial charge in [0.1, 0.15) is 0 Å². The number of hydrogen-bond donors (Lipinski definition) is 0. The molecule has 0 aliphatic heterocycles. The summed E-state index contributed by atoms with van der Waals surface area (Å²) in [5.41, 5.74) is 1.41. The summed E-state index contributed by atoms with van der Waals surface area (Å²) in [6.07, 6.45) is 13.3. The molecule has 0 aromatic carbocycles. The molecule has 0 aliphatic rings. The topological polar surface area (TPSA) is 0 Å². The Labute approximate surface area is 145 Å². The lowest BCUT2D eigenvalue weighted by atomic mass is 9.99. The van der Waals surface area contributed by atoms with E-state index in [-0.39, 0.29) is 0 Å². The van der Waals surface area contributed by atoms with Gasteiger partial charge in [-0.15, -0.1) is 11.8 Å². The average molecular weight is 325 g/mol. The van der Waals surface area contributed by atoms with Crippen LogP contribution in [0.1, 0.15) is 91.9 Å². The molecule has 0 atom stereocenters. The molecule has 0 spiro atoms. The van der Waals surface area contributed by atoms with Crippen molar-refractivity contribution in [3.05, 3.63) is 23.6 Å². The van der Waals surface area contributed by atoms with Crippen molar-refractivity contribution < 1.29 is 0 Å². The molecule has 0 N–H and O–H groups in total. The van der Waals surface area contributed by atoms with Crippen molar-refractivity contribution in [1.82, 2.24) is 0 Å². The zero-order chi connectivity index (χ0) is 16.8. The van der Waals surface area contributed by atoms with Gasteiger partial charge in [-0.2, -0.15) is 0 Å². The van der Waals surface area contributed by atoms with Gasteiger partial charge in [0.05, 0.1) is 0 Å². The maximum absolute atomic E-state index is 4.22. The second kappa shape index (κ2) is 14.4. The summed E-state index contributed by atoms with van der Waals surface area (Å²) < 4.78 is 0. The van der Waals surface area contributed by atoms with E-state index in [1.165, 1.54) is 80.4 Å². The quantitative estimate of drug-likeness (QED) is 0.217. The third-order valence-corrected chi connectivity index (χ3v) is 5.36. The largest absolute Gasteiger partial charge is 0.131 e. The fourth-order valence-electron chi connectivity index (χ4n) is 2.44. The molecule has 1 heteroatoms. The third kappa shape index (κ3) is 14.8. The SMILES string of the molecule is C=C(CCCCCCC(C)C)SCCCCCC(=C)C(C)C. The fourth-order valence-corrected chi connectivity index (χ4v) is 3.36.